The van der Waals surface area contributed by atoms with E-state index in [2.05, 4.69) is 25.3 Å². The van der Waals surface area contributed by atoms with Crippen LogP contribution < -0.4 is 5.56 Å². The van der Waals surface area contributed by atoms with E-state index in [1.165, 1.54) is 4.57 Å². The molecular formula is C14H11N7O. The fourth-order valence-corrected chi connectivity index (χ4v) is 2.27. The Labute approximate surface area is 124 Å². The first-order chi connectivity index (χ1) is 10.8. The fourth-order valence-electron chi connectivity index (χ4n) is 2.27. The molecule has 0 bridgehead atoms. The van der Waals surface area contributed by atoms with Crippen LogP contribution in [-0.2, 0) is 6.42 Å². The molecule has 0 amide bonds. The number of hydrogen-bond donors (Lipinski definition) is 0. The second-order valence-corrected chi connectivity index (χ2v) is 4.71. The number of rotatable bonds is 2. The zero-order chi connectivity index (χ0) is 15.1. The number of fused-ring (bicyclic) bond motifs is 3. The molecule has 8 nitrogen and oxygen atoms in total. The maximum absolute atomic E-state index is 12.6. The lowest BCUT2D eigenvalue weighted by Crippen LogP contribution is -2.20. The average Bonchev–Trinajstić information content (AvgIpc) is 2.99. The number of pyridine rings is 2. The smallest absolute Gasteiger partial charge is 0.266 e. The highest BCUT2D eigenvalue weighted by atomic mass is 16.1. The van der Waals surface area contributed by atoms with Crippen molar-refractivity contribution < 1.29 is 0 Å². The number of hydrogen-bond acceptors (Lipinski definition) is 6. The van der Waals surface area contributed by atoms with Gasteiger partial charge in [0.25, 0.3) is 11.3 Å². The summed E-state index contributed by atoms with van der Waals surface area (Å²) in [6.07, 6.45) is 3.98. The summed E-state index contributed by atoms with van der Waals surface area (Å²) in [6, 6.07) is 7.13. The first-order valence-corrected chi connectivity index (χ1v) is 6.83. The minimum atomic E-state index is -0.292. The van der Waals surface area contributed by atoms with E-state index in [4.69, 9.17) is 0 Å². The van der Waals surface area contributed by atoms with Crippen molar-refractivity contribution in [2.24, 2.45) is 0 Å². The quantitative estimate of drug-likeness (QED) is 0.542. The van der Waals surface area contributed by atoms with Crippen LogP contribution in [0.15, 0.2) is 41.5 Å². The first kappa shape index (κ1) is 12.6. The minimum absolute atomic E-state index is 0.230. The van der Waals surface area contributed by atoms with Crippen molar-refractivity contribution in [3.63, 3.8) is 0 Å². The second kappa shape index (κ2) is 4.69. The van der Waals surface area contributed by atoms with Gasteiger partial charge in [0.2, 0.25) is 0 Å². The van der Waals surface area contributed by atoms with Gasteiger partial charge in [-0.05, 0) is 18.2 Å². The summed E-state index contributed by atoms with van der Waals surface area (Å²) >= 11 is 0. The highest BCUT2D eigenvalue weighted by Crippen LogP contribution is 2.10. The Balaban J connectivity index is 2.04. The van der Waals surface area contributed by atoms with E-state index < -0.39 is 0 Å². The SMILES string of the molecule is CCc1nc2nnc3c(=O)n(-c4ccccn4)ccc3n2n1. The third kappa shape index (κ3) is 1.77. The van der Waals surface area contributed by atoms with Gasteiger partial charge in [0.1, 0.15) is 11.3 Å². The molecule has 0 radical (unpaired) electrons. The molecule has 0 saturated carbocycles. The Morgan fingerprint density at radius 3 is 2.86 bits per heavy atom. The van der Waals surface area contributed by atoms with E-state index in [0.717, 1.165) is 0 Å². The lowest BCUT2D eigenvalue weighted by atomic mass is 10.3. The maximum Gasteiger partial charge on any atom is 0.286 e. The summed E-state index contributed by atoms with van der Waals surface area (Å²) in [7, 11) is 0. The molecule has 0 spiro atoms. The summed E-state index contributed by atoms with van der Waals surface area (Å²) in [5.74, 6) is 1.58. The van der Waals surface area contributed by atoms with E-state index in [1.807, 2.05) is 13.0 Å². The third-order valence-corrected chi connectivity index (χ3v) is 3.36. The summed E-state index contributed by atoms with van der Waals surface area (Å²) in [5, 5.41) is 12.3. The highest BCUT2D eigenvalue weighted by Gasteiger charge is 2.12. The standard InChI is InChI=1S/C14H11N7O/c1-2-10-16-14-18-17-12-9(21(14)19-10)6-8-20(13(12)22)11-5-3-4-7-15-11/h3-8H,2H2,1H3. The summed E-state index contributed by atoms with van der Waals surface area (Å²) in [4.78, 5) is 21.0. The van der Waals surface area contributed by atoms with E-state index in [1.54, 1.807) is 35.1 Å². The summed E-state index contributed by atoms with van der Waals surface area (Å²) in [6.45, 7) is 1.96. The molecule has 108 valence electrons. The third-order valence-electron chi connectivity index (χ3n) is 3.36. The van der Waals surface area contributed by atoms with E-state index in [9.17, 15) is 4.79 Å². The van der Waals surface area contributed by atoms with E-state index in [-0.39, 0.29) is 11.1 Å². The van der Waals surface area contributed by atoms with Crippen LogP contribution in [0.2, 0.25) is 0 Å². The van der Waals surface area contributed by atoms with Gasteiger partial charge < -0.3 is 0 Å². The van der Waals surface area contributed by atoms with Gasteiger partial charge in [-0.2, -0.15) is 9.50 Å². The predicted molar refractivity (Wildman–Crippen MR) is 78.9 cm³/mol. The lowest BCUT2D eigenvalue weighted by Gasteiger charge is -2.05. The summed E-state index contributed by atoms with van der Waals surface area (Å²) < 4.78 is 2.98. The van der Waals surface area contributed by atoms with Gasteiger partial charge in [-0.25, -0.2) is 4.98 Å². The molecule has 8 heteroatoms. The van der Waals surface area contributed by atoms with E-state index >= 15 is 0 Å². The van der Waals surface area contributed by atoms with Gasteiger partial charge in [0, 0.05) is 18.8 Å². The highest BCUT2D eigenvalue weighted by molar-refractivity contribution is 5.74. The van der Waals surface area contributed by atoms with Crippen LogP contribution in [0.4, 0.5) is 0 Å². The number of aromatic nitrogens is 7. The predicted octanol–water partition coefficient (Wildman–Crippen LogP) is 0.781. The Morgan fingerprint density at radius 2 is 2.09 bits per heavy atom. The molecule has 0 atom stereocenters. The molecule has 0 saturated heterocycles. The van der Waals surface area contributed by atoms with Crippen LogP contribution in [0.25, 0.3) is 22.6 Å². The molecule has 0 aliphatic rings. The van der Waals surface area contributed by atoms with Crippen molar-refractivity contribution in [3.05, 3.63) is 52.8 Å². The van der Waals surface area contributed by atoms with Crippen molar-refractivity contribution in [2.45, 2.75) is 13.3 Å². The Morgan fingerprint density at radius 1 is 1.18 bits per heavy atom. The molecule has 22 heavy (non-hydrogen) atoms. The van der Waals surface area contributed by atoms with Gasteiger partial charge in [0.15, 0.2) is 11.3 Å². The molecule has 0 unspecified atom stereocenters. The summed E-state index contributed by atoms with van der Waals surface area (Å²) in [5.41, 5.74) is 0.515. The Kier molecular flexibility index (Phi) is 2.68. The van der Waals surface area contributed by atoms with Crippen LogP contribution in [-0.4, -0.2) is 34.3 Å². The molecule has 0 N–H and O–H groups in total. The van der Waals surface area contributed by atoms with Crippen molar-refractivity contribution >= 4 is 16.8 Å². The largest absolute Gasteiger partial charge is 0.286 e. The first-order valence-electron chi connectivity index (χ1n) is 6.83. The monoisotopic (exact) mass is 293 g/mol. The molecular weight excluding hydrogens is 282 g/mol. The molecule has 4 aromatic rings. The van der Waals surface area contributed by atoms with Crippen LogP contribution >= 0.6 is 0 Å². The zero-order valence-corrected chi connectivity index (χ0v) is 11.7. The van der Waals surface area contributed by atoms with Gasteiger partial charge in [0.05, 0.1) is 0 Å². The van der Waals surface area contributed by atoms with Crippen LogP contribution in [0.5, 0.6) is 0 Å². The van der Waals surface area contributed by atoms with Crippen molar-refractivity contribution in [1.82, 2.24) is 34.3 Å². The van der Waals surface area contributed by atoms with Gasteiger partial charge in [-0.15, -0.1) is 15.3 Å². The molecule has 0 fully saturated rings. The Bertz CT molecular complexity index is 1040. The Hall–Kier alpha value is -3.16. The molecule has 4 aromatic heterocycles. The number of aryl methyl sites for hydroxylation is 1. The lowest BCUT2D eigenvalue weighted by molar-refractivity contribution is 0.879. The molecule has 4 rings (SSSR count). The fraction of sp³-hybridized carbons (Fsp3) is 0.143. The normalized spacial score (nSPS) is 11.3. The average molecular weight is 293 g/mol. The second-order valence-electron chi connectivity index (χ2n) is 4.71. The molecule has 0 aliphatic carbocycles. The molecule has 0 aliphatic heterocycles. The van der Waals surface area contributed by atoms with Gasteiger partial charge in [-0.3, -0.25) is 9.36 Å². The topological polar surface area (TPSA) is 90.9 Å². The van der Waals surface area contributed by atoms with Crippen molar-refractivity contribution in [3.8, 4) is 5.82 Å². The van der Waals surface area contributed by atoms with Crippen molar-refractivity contribution in [2.75, 3.05) is 0 Å². The van der Waals surface area contributed by atoms with Crippen LogP contribution in [0, 0.1) is 0 Å². The molecule has 4 heterocycles. The molecule has 0 aromatic carbocycles. The van der Waals surface area contributed by atoms with Crippen LogP contribution in [0.1, 0.15) is 12.7 Å². The maximum atomic E-state index is 12.6. The van der Waals surface area contributed by atoms with E-state index in [0.29, 0.717) is 29.4 Å². The van der Waals surface area contributed by atoms with Gasteiger partial charge in [-0.1, -0.05) is 13.0 Å². The minimum Gasteiger partial charge on any atom is -0.266 e. The zero-order valence-electron chi connectivity index (χ0n) is 11.7. The van der Waals surface area contributed by atoms with Gasteiger partial charge >= 0.3 is 0 Å². The van der Waals surface area contributed by atoms with Crippen LogP contribution in [0.3, 0.4) is 0 Å². The number of nitrogens with zero attached hydrogens (tertiary/aromatic N) is 7. The van der Waals surface area contributed by atoms with Crippen molar-refractivity contribution in [1.29, 1.82) is 0 Å².